The average molecular weight is 383 g/mol. The smallest absolute Gasteiger partial charge is 0.251 e. The number of likely N-dealkylation sites (N-methyl/N-ethyl adjacent to an activating group) is 1. The minimum atomic E-state index is -0.143. The van der Waals surface area contributed by atoms with E-state index in [9.17, 15) is 4.79 Å². The van der Waals surface area contributed by atoms with Crippen LogP contribution in [0, 0.1) is 13.8 Å². The van der Waals surface area contributed by atoms with Gasteiger partial charge in [-0.2, -0.15) is 0 Å². The summed E-state index contributed by atoms with van der Waals surface area (Å²) in [5.41, 5.74) is 4.83. The Labute approximate surface area is 164 Å². The molecule has 140 valence electrons. The number of aryl methyl sites for hydroxylation is 2. The first kappa shape index (κ1) is 19.3. The molecule has 3 rings (SSSR count). The molecule has 0 aliphatic heterocycles. The summed E-state index contributed by atoms with van der Waals surface area (Å²) in [7, 11) is 3.94. The Morgan fingerprint density at radius 1 is 1.07 bits per heavy atom. The van der Waals surface area contributed by atoms with Crippen molar-refractivity contribution in [1.29, 1.82) is 0 Å². The van der Waals surface area contributed by atoms with Crippen molar-refractivity contribution >= 4 is 28.5 Å². The van der Waals surface area contributed by atoms with Crippen molar-refractivity contribution in [3.05, 3.63) is 70.0 Å². The maximum Gasteiger partial charge on any atom is 0.251 e. The van der Waals surface area contributed by atoms with Crippen molar-refractivity contribution in [1.82, 2.24) is 20.2 Å². The molecule has 5 nitrogen and oxygen atoms in total. The van der Waals surface area contributed by atoms with Crippen LogP contribution in [0.25, 0.3) is 11.0 Å². The van der Waals surface area contributed by atoms with E-state index < -0.39 is 0 Å². The van der Waals surface area contributed by atoms with E-state index in [1.165, 1.54) is 0 Å². The molecule has 1 aromatic heterocycles. The van der Waals surface area contributed by atoms with Crippen molar-refractivity contribution in [2.24, 2.45) is 0 Å². The fourth-order valence-corrected chi connectivity index (χ4v) is 3.24. The van der Waals surface area contributed by atoms with Crippen LogP contribution in [0.1, 0.15) is 33.4 Å². The molecule has 0 fully saturated rings. The molecular formula is C21H23ClN4O. The van der Waals surface area contributed by atoms with Gasteiger partial charge in [0.2, 0.25) is 0 Å². The van der Waals surface area contributed by atoms with Crippen LogP contribution in [0.5, 0.6) is 0 Å². The van der Waals surface area contributed by atoms with Crippen LogP contribution in [0.2, 0.25) is 5.02 Å². The van der Waals surface area contributed by atoms with Gasteiger partial charge in [0.15, 0.2) is 0 Å². The van der Waals surface area contributed by atoms with Crippen LogP contribution in [0.4, 0.5) is 0 Å². The summed E-state index contributed by atoms with van der Waals surface area (Å²) in [4.78, 5) is 23.8. The molecule has 27 heavy (non-hydrogen) atoms. The highest BCUT2D eigenvalue weighted by Crippen LogP contribution is 2.25. The van der Waals surface area contributed by atoms with Crippen LogP contribution in [0.3, 0.4) is 0 Å². The maximum atomic E-state index is 12.7. The summed E-state index contributed by atoms with van der Waals surface area (Å²) in [6.07, 6.45) is 0. The molecule has 2 aromatic carbocycles. The molecule has 1 N–H and O–H groups in total. The topological polar surface area (TPSA) is 58.1 Å². The lowest BCUT2D eigenvalue weighted by Crippen LogP contribution is -2.34. The molecule has 0 aliphatic rings. The minimum Gasteiger partial charge on any atom is -0.350 e. The van der Waals surface area contributed by atoms with Gasteiger partial charge in [-0.1, -0.05) is 29.8 Å². The largest absolute Gasteiger partial charge is 0.350 e. The summed E-state index contributed by atoms with van der Waals surface area (Å²) < 4.78 is 0. The number of carbonyl (C=O) groups is 1. The lowest BCUT2D eigenvalue weighted by atomic mass is 10.1. The molecular weight excluding hydrogens is 360 g/mol. The van der Waals surface area contributed by atoms with Gasteiger partial charge in [0, 0.05) is 17.1 Å². The highest BCUT2D eigenvalue weighted by atomic mass is 35.5. The van der Waals surface area contributed by atoms with Crippen molar-refractivity contribution < 1.29 is 4.79 Å². The number of nitrogens with zero attached hydrogens (tertiary/aromatic N) is 3. The molecule has 6 heteroatoms. The normalized spacial score (nSPS) is 12.4. The van der Waals surface area contributed by atoms with Gasteiger partial charge < -0.3 is 10.2 Å². The first-order valence-corrected chi connectivity index (χ1v) is 9.18. The number of nitrogens with one attached hydrogen (secondary N) is 1. The van der Waals surface area contributed by atoms with Crippen LogP contribution in [-0.2, 0) is 0 Å². The zero-order valence-electron chi connectivity index (χ0n) is 16.0. The molecule has 1 amide bonds. The van der Waals surface area contributed by atoms with Gasteiger partial charge in [0.05, 0.1) is 28.5 Å². The lowest BCUT2D eigenvalue weighted by molar-refractivity contribution is 0.0942. The van der Waals surface area contributed by atoms with Crippen molar-refractivity contribution in [2.45, 2.75) is 19.9 Å². The SMILES string of the molecule is Cc1nc2ccc(C(=O)NCC(c3ccccc3Cl)N(C)C)cc2nc1C. The summed E-state index contributed by atoms with van der Waals surface area (Å²) in [5, 5.41) is 3.70. The molecule has 3 aromatic rings. The van der Waals surface area contributed by atoms with Crippen molar-refractivity contribution in [3.63, 3.8) is 0 Å². The third-order valence-corrected chi connectivity index (χ3v) is 5.03. The Bertz CT molecular complexity index is 987. The molecule has 1 atom stereocenters. The number of amides is 1. The van der Waals surface area contributed by atoms with Crippen molar-refractivity contribution in [2.75, 3.05) is 20.6 Å². The van der Waals surface area contributed by atoms with Gasteiger partial charge in [-0.3, -0.25) is 4.79 Å². The lowest BCUT2D eigenvalue weighted by Gasteiger charge is -2.26. The second-order valence-corrected chi connectivity index (χ2v) is 7.22. The van der Waals surface area contributed by atoms with E-state index in [-0.39, 0.29) is 11.9 Å². The number of rotatable bonds is 5. The van der Waals surface area contributed by atoms with Crippen LogP contribution < -0.4 is 5.32 Å². The highest BCUT2D eigenvalue weighted by molar-refractivity contribution is 6.31. The summed E-state index contributed by atoms with van der Waals surface area (Å²) in [6, 6.07) is 13.1. The van der Waals surface area contributed by atoms with E-state index >= 15 is 0 Å². The number of aromatic nitrogens is 2. The van der Waals surface area contributed by atoms with E-state index in [0.29, 0.717) is 17.1 Å². The highest BCUT2D eigenvalue weighted by Gasteiger charge is 2.18. The Morgan fingerprint density at radius 3 is 2.41 bits per heavy atom. The maximum absolute atomic E-state index is 12.7. The summed E-state index contributed by atoms with van der Waals surface area (Å²) in [6.45, 7) is 4.30. The number of halogens is 1. The monoisotopic (exact) mass is 382 g/mol. The van der Waals surface area contributed by atoms with Gasteiger partial charge >= 0.3 is 0 Å². The Morgan fingerprint density at radius 2 is 1.74 bits per heavy atom. The minimum absolute atomic E-state index is 0.0206. The predicted octanol–water partition coefficient (Wildman–Crippen LogP) is 3.93. The molecule has 0 aliphatic carbocycles. The number of benzene rings is 2. The third kappa shape index (κ3) is 4.26. The first-order valence-electron chi connectivity index (χ1n) is 8.81. The van der Waals surface area contributed by atoms with Crippen LogP contribution in [-0.4, -0.2) is 41.4 Å². The van der Waals surface area contributed by atoms with Crippen LogP contribution >= 0.6 is 11.6 Å². The van der Waals surface area contributed by atoms with E-state index in [2.05, 4.69) is 15.3 Å². The Kier molecular flexibility index (Phi) is 5.73. The van der Waals surface area contributed by atoms with Crippen LogP contribution in [0.15, 0.2) is 42.5 Å². The van der Waals surface area contributed by atoms with Gasteiger partial charge in [0.1, 0.15) is 0 Å². The van der Waals surface area contributed by atoms with Gasteiger partial charge in [-0.05, 0) is 57.8 Å². The fourth-order valence-electron chi connectivity index (χ4n) is 2.98. The molecule has 1 heterocycles. The molecule has 0 saturated carbocycles. The Balaban J connectivity index is 1.79. The number of fused-ring (bicyclic) bond motifs is 1. The van der Waals surface area contributed by atoms with E-state index in [1.807, 2.05) is 63.2 Å². The fraction of sp³-hybridized carbons (Fsp3) is 0.286. The van der Waals surface area contributed by atoms with Crippen molar-refractivity contribution in [3.8, 4) is 0 Å². The zero-order valence-corrected chi connectivity index (χ0v) is 16.7. The molecule has 1 unspecified atom stereocenters. The molecule has 0 bridgehead atoms. The summed E-state index contributed by atoms with van der Waals surface area (Å²) in [5.74, 6) is -0.143. The predicted molar refractivity (Wildman–Crippen MR) is 109 cm³/mol. The van der Waals surface area contributed by atoms with Gasteiger partial charge in [-0.15, -0.1) is 0 Å². The molecule has 0 saturated heterocycles. The average Bonchev–Trinajstić information content (AvgIpc) is 2.63. The van der Waals surface area contributed by atoms with E-state index in [0.717, 1.165) is 28.0 Å². The van der Waals surface area contributed by atoms with E-state index in [1.54, 1.807) is 12.1 Å². The summed E-state index contributed by atoms with van der Waals surface area (Å²) >= 11 is 6.33. The quantitative estimate of drug-likeness (QED) is 0.726. The van der Waals surface area contributed by atoms with E-state index in [4.69, 9.17) is 11.6 Å². The first-order chi connectivity index (χ1) is 12.9. The molecule has 0 radical (unpaired) electrons. The zero-order chi connectivity index (χ0) is 19.6. The standard InChI is InChI=1S/C21H23ClN4O/c1-13-14(2)25-19-11-15(9-10-18(19)24-13)21(27)23-12-20(26(3)4)16-7-5-6-8-17(16)22/h5-11,20H,12H2,1-4H3,(H,23,27). The van der Waals surface area contributed by atoms with Gasteiger partial charge in [0.25, 0.3) is 5.91 Å². The number of hydrogen-bond donors (Lipinski definition) is 1. The second-order valence-electron chi connectivity index (χ2n) is 6.81. The van der Waals surface area contributed by atoms with Gasteiger partial charge in [-0.25, -0.2) is 9.97 Å². The molecule has 0 spiro atoms. The number of carbonyl (C=O) groups excluding carboxylic acids is 1. The Hall–Kier alpha value is -2.50. The number of hydrogen-bond acceptors (Lipinski definition) is 4. The second kappa shape index (κ2) is 8.03. The third-order valence-electron chi connectivity index (χ3n) is 4.68.